The number of aliphatic hydroxyl groups is 1. The number of hydrogen-bond acceptors (Lipinski definition) is 6. The molecule has 4 rings (SSSR count). The lowest BCUT2D eigenvalue weighted by Gasteiger charge is -2.29. The van der Waals surface area contributed by atoms with Gasteiger partial charge in [0.1, 0.15) is 5.75 Å². The number of ketones is 1. The largest absolute Gasteiger partial charge is 0.497 e. The van der Waals surface area contributed by atoms with Gasteiger partial charge in [-0.1, -0.05) is 60.7 Å². The Morgan fingerprint density at radius 3 is 2.06 bits per heavy atom. The number of nitrogens with zero attached hydrogens (tertiary/aromatic N) is 1. The molecule has 3 aromatic rings. The molecule has 0 spiro atoms. The first-order valence-corrected chi connectivity index (χ1v) is 11.5. The van der Waals surface area contributed by atoms with Gasteiger partial charge in [0.2, 0.25) is 5.91 Å². The molecule has 7 nitrogen and oxygen atoms in total. The monoisotopic (exact) mass is 472 g/mol. The van der Waals surface area contributed by atoms with Gasteiger partial charge in [0.05, 0.1) is 19.7 Å². The van der Waals surface area contributed by atoms with Crippen LogP contribution in [0, 0.1) is 0 Å². The van der Waals surface area contributed by atoms with Crippen molar-refractivity contribution < 1.29 is 24.2 Å². The molecule has 2 amide bonds. The van der Waals surface area contributed by atoms with Crippen molar-refractivity contribution in [2.45, 2.75) is 24.5 Å². The van der Waals surface area contributed by atoms with Gasteiger partial charge in [0.15, 0.2) is 11.4 Å². The van der Waals surface area contributed by atoms with Gasteiger partial charge in [-0.2, -0.15) is 0 Å². The highest BCUT2D eigenvalue weighted by Gasteiger charge is 2.42. The maximum atomic E-state index is 13.4. The van der Waals surface area contributed by atoms with Gasteiger partial charge < -0.3 is 9.84 Å². The first-order valence-electron chi connectivity index (χ1n) is 11.5. The van der Waals surface area contributed by atoms with Gasteiger partial charge >= 0.3 is 0 Å². The van der Waals surface area contributed by atoms with E-state index < -0.39 is 23.5 Å². The summed E-state index contributed by atoms with van der Waals surface area (Å²) in [6.07, 6.45) is 1.24. The van der Waals surface area contributed by atoms with Crippen LogP contribution in [0.3, 0.4) is 0 Å². The molecule has 0 aliphatic carbocycles. The van der Waals surface area contributed by atoms with Crippen molar-refractivity contribution in [3.05, 3.63) is 102 Å². The van der Waals surface area contributed by atoms with E-state index in [1.807, 2.05) is 0 Å². The number of carbonyl (C=O) groups is 3. The fourth-order valence-corrected chi connectivity index (χ4v) is 4.44. The molecule has 7 heteroatoms. The predicted octanol–water partition coefficient (Wildman–Crippen LogP) is 2.92. The average molecular weight is 473 g/mol. The number of benzene rings is 3. The molecule has 0 aromatic heterocycles. The molecule has 0 unspecified atom stereocenters. The van der Waals surface area contributed by atoms with E-state index in [0.29, 0.717) is 35.4 Å². The number of nitrogens with one attached hydrogen (secondary N) is 1. The molecule has 1 aliphatic heterocycles. The summed E-state index contributed by atoms with van der Waals surface area (Å²) in [6, 6.07) is 23.2. The minimum atomic E-state index is -2.04. The van der Waals surface area contributed by atoms with Crippen LogP contribution in [0.4, 0.5) is 0 Å². The minimum absolute atomic E-state index is 0.0558. The molecule has 0 saturated carbocycles. The number of hydrogen-bond donors (Lipinski definition) is 2. The average Bonchev–Trinajstić information content (AvgIpc) is 3.37. The minimum Gasteiger partial charge on any atom is -0.497 e. The summed E-state index contributed by atoms with van der Waals surface area (Å²) in [4.78, 5) is 41.1. The van der Waals surface area contributed by atoms with Crippen LogP contribution >= 0.6 is 0 Å². The van der Waals surface area contributed by atoms with E-state index in [9.17, 15) is 19.5 Å². The molecule has 1 saturated heterocycles. The quantitative estimate of drug-likeness (QED) is 0.490. The number of amides is 2. The molecule has 3 aromatic carbocycles. The third kappa shape index (κ3) is 5.16. The summed E-state index contributed by atoms with van der Waals surface area (Å²) >= 11 is 0. The molecule has 1 fully saturated rings. The van der Waals surface area contributed by atoms with E-state index in [-0.39, 0.29) is 12.3 Å². The number of likely N-dealkylation sites (tertiary alicyclic amines) is 1. The lowest BCUT2D eigenvalue weighted by Crippen LogP contribution is -2.53. The molecule has 180 valence electrons. The van der Waals surface area contributed by atoms with E-state index >= 15 is 0 Å². The van der Waals surface area contributed by atoms with Crippen molar-refractivity contribution in [2.24, 2.45) is 0 Å². The summed E-state index contributed by atoms with van der Waals surface area (Å²) in [6.45, 7) is 0.621. The van der Waals surface area contributed by atoms with Crippen LogP contribution in [0.15, 0.2) is 84.9 Å². The summed E-state index contributed by atoms with van der Waals surface area (Å²) < 4.78 is 5.13. The highest BCUT2D eigenvalue weighted by molar-refractivity contribution is 6.04. The van der Waals surface area contributed by atoms with Crippen LogP contribution < -0.4 is 10.1 Å². The Balaban J connectivity index is 1.50. The van der Waals surface area contributed by atoms with Crippen LogP contribution in [0.1, 0.15) is 34.3 Å². The second-order valence-corrected chi connectivity index (χ2v) is 8.54. The fraction of sp³-hybridized carbons (Fsp3) is 0.250. The zero-order valence-corrected chi connectivity index (χ0v) is 19.5. The molecule has 0 radical (unpaired) electrons. The van der Waals surface area contributed by atoms with E-state index in [4.69, 9.17) is 4.74 Å². The van der Waals surface area contributed by atoms with Crippen molar-refractivity contribution in [3.8, 4) is 5.75 Å². The van der Waals surface area contributed by atoms with Gasteiger partial charge in [-0.05, 0) is 54.8 Å². The van der Waals surface area contributed by atoms with Crippen molar-refractivity contribution in [3.63, 3.8) is 0 Å². The van der Waals surface area contributed by atoms with Crippen molar-refractivity contribution in [1.82, 2.24) is 10.2 Å². The van der Waals surface area contributed by atoms with Gasteiger partial charge in [-0.3, -0.25) is 24.6 Å². The Hall–Kier alpha value is -3.81. The van der Waals surface area contributed by atoms with E-state index in [1.54, 1.807) is 96.9 Å². The summed E-state index contributed by atoms with van der Waals surface area (Å²) in [5, 5.41) is 14.0. The number of imide groups is 1. The van der Waals surface area contributed by atoms with Crippen LogP contribution in [0.5, 0.6) is 5.75 Å². The highest BCUT2D eigenvalue weighted by Crippen LogP contribution is 2.30. The third-order valence-corrected chi connectivity index (χ3v) is 6.37. The first kappa shape index (κ1) is 24.3. The summed E-state index contributed by atoms with van der Waals surface area (Å²) in [5.74, 6) is -0.819. The second-order valence-electron chi connectivity index (χ2n) is 8.54. The Morgan fingerprint density at radius 2 is 1.51 bits per heavy atom. The Bertz CT molecular complexity index is 1140. The molecule has 1 heterocycles. The lowest BCUT2D eigenvalue weighted by molar-refractivity contribution is -0.142. The molecule has 35 heavy (non-hydrogen) atoms. The molecule has 2 N–H and O–H groups in total. The van der Waals surface area contributed by atoms with Gasteiger partial charge in [0, 0.05) is 5.56 Å². The molecule has 0 bridgehead atoms. The maximum absolute atomic E-state index is 13.4. The zero-order chi connectivity index (χ0) is 24.8. The van der Waals surface area contributed by atoms with Crippen LogP contribution in [-0.4, -0.2) is 53.8 Å². The smallest absolute Gasteiger partial charge is 0.267 e. The van der Waals surface area contributed by atoms with Gasteiger partial charge in [0.25, 0.3) is 5.91 Å². The van der Waals surface area contributed by atoms with Crippen molar-refractivity contribution >= 4 is 17.6 Å². The molecule has 1 atom stereocenters. The standard InChI is InChI=1S/C28H28N2O5/c1-35-23-16-14-20(15-17-23)25(31)19-30-18-8-13-24(30)26(32)29-27(33)28(34,21-9-4-2-5-10-21)22-11-6-3-7-12-22/h2-7,9-12,14-17,24,34H,8,13,18-19H2,1H3,(H,29,32,33)/t24-/m0/s1. The van der Waals surface area contributed by atoms with Crippen LogP contribution in [-0.2, 0) is 15.2 Å². The SMILES string of the molecule is COc1ccc(C(=O)CN2CCC[C@H]2C(=O)NC(=O)C(O)(c2ccccc2)c2ccccc2)cc1. The van der Waals surface area contributed by atoms with Gasteiger partial charge in [-0.15, -0.1) is 0 Å². The number of ether oxygens (including phenoxy) is 1. The predicted molar refractivity (Wildman–Crippen MR) is 131 cm³/mol. The van der Waals surface area contributed by atoms with E-state index in [0.717, 1.165) is 6.42 Å². The summed E-state index contributed by atoms with van der Waals surface area (Å²) in [7, 11) is 1.56. The lowest BCUT2D eigenvalue weighted by atomic mass is 9.85. The normalized spacial score (nSPS) is 16.0. The molecular formula is C28H28N2O5. The Kier molecular flexibility index (Phi) is 7.39. The number of carbonyl (C=O) groups excluding carboxylic acids is 3. The molecule has 1 aliphatic rings. The van der Waals surface area contributed by atoms with Gasteiger partial charge in [-0.25, -0.2) is 0 Å². The van der Waals surface area contributed by atoms with Crippen molar-refractivity contribution in [2.75, 3.05) is 20.2 Å². The fourth-order valence-electron chi connectivity index (χ4n) is 4.44. The molecular weight excluding hydrogens is 444 g/mol. The first-order chi connectivity index (χ1) is 16.9. The van der Waals surface area contributed by atoms with E-state index in [2.05, 4.69) is 5.32 Å². The second kappa shape index (κ2) is 10.6. The Morgan fingerprint density at radius 1 is 0.943 bits per heavy atom. The zero-order valence-electron chi connectivity index (χ0n) is 19.5. The summed E-state index contributed by atoms with van der Waals surface area (Å²) in [5.41, 5.74) is -0.806. The highest BCUT2D eigenvalue weighted by atomic mass is 16.5. The number of Topliss-reactive ketones (excluding diaryl/α,β-unsaturated/α-hetero) is 1. The van der Waals surface area contributed by atoms with Crippen LogP contribution in [0.25, 0.3) is 0 Å². The number of methoxy groups -OCH3 is 1. The van der Waals surface area contributed by atoms with E-state index in [1.165, 1.54) is 0 Å². The Labute approximate surface area is 204 Å². The topological polar surface area (TPSA) is 95.9 Å². The van der Waals surface area contributed by atoms with Crippen LogP contribution in [0.2, 0.25) is 0 Å². The number of rotatable bonds is 8. The van der Waals surface area contributed by atoms with Crippen molar-refractivity contribution in [1.29, 1.82) is 0 Å². The third-order valence-electron chi connectivity index (χ3n) is 6.37. The maximum Gasteiger partial charge on any atom is 0.267 e.